The first-order valence-corrected chi connectivity index (χ1v) is 8.42. The van der Waals surface area contributed by atoms with Gasteiger partial charge in [-0.15, -0.1) is 0 Å². The Hall–Kier alpha value is -2.05. The van der Waals surface area contributed by atoms with Gasteiger partial charge in [0.2, 0.25) is 0 Å². The molecule has 0 saturated carbocycles. The maximum absolute atomic E-state index is 12.4. The molecular weight excluding hydrogens is 328 g/mol. The van der Waals surface area contributed by atoms with Gasteiger partial charge < -0.3 is 14.6 Å². The summed E-state index contributed by atoms with van der Waals surface area (Å²) in [5, 5.41) is 0.628. The summed E-state index contributed by atoms with van der Waals surface area (Å²) in [6.07, 6.45) is 1.60. The molecule has 3 rings (SSSR count). The second-order valence-electron chi connectivity index (χ2n) is 5.80. The average molecular weight is 349 g/mol. The number of para-hydroxylation sites is 1. The van der Waals surface area contributed by atoms with Crippen LogP contribution in [0, 0.1) is 6.92 Å². The van der Waals surface area contributed by atoms with Crippen molar-refractivity contribution in [2.75, 3.05) is 39.3 Å². The number of hydrogen-bond donors (Lipinski definition) is 1. The molecule has 6 nitrogen and oxygen atoms in total. The van der Waals surface area contributed by atoms with E-state index in [-0.39, 0.29) is 5.91 Å². The quantitative estimate of drug-likeness (QED) is 0.900. The highest BCUT2D eigenvalue weighted by molar-refractivity contribution is 6.32. The van der Waals surface area contributed by atoms with Crippen molar-refractivity contribution in [2.24, 2.45) is 0 Å². The monoisotopic (exact) mass is 348 g/mol. The highest BCUT2D eigenvalue weighted by atomic mass is 35.5. The van der Waals surface area contributed by atoms with Gasteiger partial charge >= 0.3 is 0 Å². The molecule has 0 radical (unpaired) electrons. The van der Waals surface area contributed by atoms with Gasteiger partial charge in [-0.25, -0.2) is 4.98 Å². The highest BCUT2D eigenvalue weighted by Crippen LogP contribution is 2.22. The molecule has 1 aliphatic heterocycles. The summed E-state index contributed by atoms with van der Waals surface area (Å²) in [6.45, 7) is 6.34. The summed E-state index contributed by atoms with van der Waals surface area (Å²) < 4.78 is 5.72. The lowest BCUT2D eigenvalue weighted by Crippen LogP contribution is -2.49. The number of piperazine rings is 1. The minimum Gasteiger partial charge on any atom is -0.491 e. The van der Waals surface area contributed by atoms with E-state index in [0.29, 0.717) is 36.2 Å². The van der Waals surface area contributed by atoms with Crippen molar-refractivity contribution in [1.29, 1.82) is 0 Å². The zero-order valence-corrected chi connectivity index (χ0v) is 14.4. The Kier molecular flexibility index (Phi) is 5.37. The lowest BCUT2D eigenvalue weighted by molar-refractivity contribution is 0.0615. The molecule has 1 aromatic carbocycles. The van der Waals surface area contributed by atoms with Crippen LogP contribution in [0.2, 0.25) is 5.02 Å². The Labute approximate surface area is 146 Å². The van der Waals surface area contributed by atoms with Crippen molar-refractivity contribution < 1.29 is 9.53 Å². The highest BCUT2D eigenvalue weighted by Gasteiger charge is 2.23. The lowest BCUT2D eigenvalue weighted by Gasteiger charge is -2.34. The number of ether oxygens (including phenoxy) is 1. The number of H-pyrrole nitrogens is 1. The maximum Gasteiger partial charge on any atom is 0.272 e. The summed E-state index contributed by atoms with van der Waals surface area (Å²) >= 11 is 6.07. The minimum atomic E-state index is 0.0163. The molecule has 2 heterocycles. The molecule has 128 valence electrons. The van der Waals surface area contributed by atoms with Crippen LogP contribution in [0.4, 0.5) is 0 Å². The number of aromatic nitrogens is 2. The smallest absolute Gasteiger partial charge is 0.272 e. The molecular formula is C17H21ClN4O2. The van der Waals surface area contributed by atoms with Crippen LogP contribution in [0.15, 0.2) is 30.5 Å². The molecule has 1 fully saturated rings. The number of rotatable bonds is 5. The van der Waals surface area contributed by atoms with Crippen LogP contribution in [0.1, 0.15) is 16.3 Å². The minimum absolute atomic E-state index is 0.0163. The third-order valence-electron chi connectivity index (χ3n) is 4.09. The van der Waals surface area contributed by atoms with Gasteiger partial charge in [-0.1, -0.05) is 23.7 Å². The summed E-state index contributed by atoms with van der Waals surface area (Å²) in [5.41, 5.74) is 0.558. The molecule has 1 aliphatic rings. The van der Waals surface area contributed by atoms with E-state index in [0.717, 1.165) is 25.5 Å². The van der Waals surface area contributed by atoms with E-state index < -0.39 is 0 Å². The van der Waals surface area contributed by atoms with Gasteiger partial charge in [0.25, 0.3) is 5.91 Å². The second kappa shape index (κ2) is 7.68. The number of imidazole rings is 1. The first-order chi connectivity index (χ1) is 11.6. The zero-order chi connectivity index (χ0) is 16.9. The Morgan fingerprint density at radius 1 is 1.29 bits per heavy atom. The van der Waals surface area contributed by atoms with Crippen molar-refractivity contribution in [2.45, 2.75) is 6.92 Å². The first kappa shape index (κ1) is 16.8. The third kappa shape index (κ3) is 4.07. The van der Waals surface area contributed by atoms with E-state index in [1.54, 1.807) is 6.20 Å². The number of nitrogens with zero attached hydrogens (tertiary/aromatic N) is 3. The number of amides is 1. The van der Waals surface area contributed by atoms with Crippen LogP contribution >= 0.6 is 11.6 Å². The number of carbonyl (C=O) groups is 1. The fourth-order valence-corrected chi connectivity index (χ4v) is 2.91. The van der Waals surface area contributed by atoms with Gasteiger partial charge in [-0.05, 0) is 19.1 Å². The fraction of sp³-hybridized carbons (Fsp3) is 0.412. The summed E-state index contributed by atoms with van der Waals surface area (Å²) in [5.74, 6) is 1.49. The molecule has 7 heteroatoms. The average Bonchev–Trinajstić information content (AvgIpc) is 3.03. The van der Waals surface area contributed by atoms with Crippen molar-refractivity contribution in [1.82, 2.24) is 19.8 Å². The Morgan fingerprint density at radius 3 is 2.71 bits per heavy atom. The number of hydrogen-bond acceptors (Lipinski definition) is 4. The zero-order valence-electron chi connectivity index (χ0n) is 13.7. The molecule has 0 unspecified atom stereocenters. The molecule has 1 N–H and O–H groups in total. The van der Waals surface area contributed by atoms with Crippen LogP contribution < -0.4 is 4.74 Å². The maximum atomic E-state index is 12.4. The van der Waals surface area contributed by atoms with Gasteiger partial charge in [-0.3, -0.25) is 9.69 Å². The van der Waals surface area contributed by atoms with Gasteiger partial charge in [0, 0.05) is 32.7 Å². The van der Waals surface area contributed by atoms with Crippen LogP contribution in [0.25, 0.3) is 0 Å². The molecule has 2 aromatic rings. The van der Waals surface area contributed by atoms with E-state index in [1.807, 2.05) is 36.1 Å². The predicted octanol–water partition coefficient (Wildman–Crippen LogP) is 2.21. The number of carbonyl (C=O) groups excluding carboxylic acids is 1. The second-order valence-corrected chi connectivity index (χ2v) is 6.20. The number of aryl methyl sites for hydroxylation is 1. The lowest BCUT2D eigenvalue weighted by atomic mass is 10.3. The Bertz CT molecular complexity index is 695. The summed E-state index contributed by atoms with van der Waals surface area (Å²) in [4.78, 5) is 23.6. The molecule has 0 spiro atoms. The van der Waals surface area contributed by atoms with Gasteiger partial charge in [0.05, 0.1) is 11.2 Å². The van der Waals surface area contributed by atoms with Crippen LogP contribution in [0.5, 0.6) is 5.75 Å². The topological polar surface area (TPSA) is 61.5 Å². The van der Waals surface area contributed by atoms with Crippen molar-refractivity contribution in [3.63, 3.8) is 0 Å². The number of benzene rings is 1. The van der Waals surface area contributed by atoms with Gasteiger partial charge in [0.15, 0.2) is 0 Å². The van der Waals surface area contributed by atoms with E-state index in [2.05, 4.69) is 14.9 Å². The molecule has 0 aliphatic carbocycles. The molecule has 0 bridgehead atoms. The molecule has 1 saturated heterocycles. The standard InChI is InChI=1S/C17H21ClN4O2/c1-13-19-12-15(20-13)17(23)22-8-6-21(7-9-22)10-11-24-16-5-3-2-4-14(16)18/h2-5,12H,6-11H2,1H3,(H,19,20). The van der Waals surface area contributed by atoms with Gasteiger partial charge in [-0.2, -0.15) is 0 Å². The van der Waals surface area contributed by atoms with Gasteiger partial charge in [0.1, 0.15) is 23.9 Å². The van der Waals surface area contributed by atoms with Crippen LogP contribution in [-0.4, -0.2) is 65.0 Å². The van der Waals surface area contributed by atoms with Crippen molar-refractivity contribution >= 4 is 17.5 Å². The van der Waals surface area contributed by atoms with Crippen LogP contribution in [-0.2, 0) is 0 Å². The molecule has 0 atom stereocenters. The molecule has 1 aromatic heterocycles. The number of halogens is 1. The summed E-state index contributed by atoms with van der Waals surface area (Å²) in [6, 6.07) is 7.47. The third-order valence-corrected chi connectivity index (χ3v) is 4.41. The SMILES string of the molecule is Cc1ncc(C(=O)N2CCN(CCOc3ccccc3Cl)CC2)[nH]1. The Morgan fingerprint density at radius 2 is 2.04 bits per heavy atom. The van der Waals surface area contributed by atoms with Crippen molar-refractivity contribution in [3.8, 4) is 5.75 Å². The predicted molar refractivity (Wildman–Crippen MR) is 92.6 cm³/mol. The van der Waals surface area contributed by atoms with E-state index >= 15 is 0 Å². The molecule has 24 heavy (non-hydrogen) atoms. The Balaban J connectivity index is 1.42. The summed E-state index contributed by atoms with van der Waals surface area (Å²) in [7, 11) is 0. The van der Waals surface area contributed by atoms with Crippen molar-refractivity contribution in [3.05, 3.63) is 47.0 Å². The fourth-order valence-electron chi connectivity index (χ4n) is 2.72. The largest absolute Gasteiger partial charge is 0.491 e. The van der Waals surface area contributed by atoms with E-state index in [9.17, 15) is 4.79 Å². The number of aromatic amines is 1. The molecule has 1 amide bonds. The normalized spacial score (nSPS) is 15.5. The number of nitrogens with one attached hydrogen (secondary N) is 1. The van der Waals surface area contributed by atoms with Crippen LogP contribution in [0.3, 0.4) is 0 Å². The first-order valence-electron chi connectivity index (χ1n) is 8.04. The van der Waals surface area contributed by atoms with E-state index in [1.165, 1.54) is 0 Å². The van der Waals surface area contributed by atoms with E-state index in [4.69, 9.17) is 16.3 Å².